The van der Waals surface area contributed by atoms with Crippen molar-refractivity contribution < 1.29 is 14.3 Å². The molecule has 0 saturated heterocycles. The number of hydrogen-bond donors (Lipinski definition) is 2. The molecule has 0 spiro atoms. The average molecular weight is 401 g/mol. The highest BCUT2D eigenvalue weighted by molar-refractivity contribution is 6.10. The number of fused-ring (bicyclic) bond motifs is 3. The molecule has 3 aromatic carbocycles. The van der Waals surface area contributed by atoms with Crippen LogP contribution >= 0.6 is 0 Å². The minimum Gasteiger partial charge on any atom is -0.449 e. The number of aromatic nitrogens is 1. The Labute approximate surface area is 174 Å². The Morgan fingerprint density at radius 2 is 1.77 bits per heavy atom. The zero-order chi connectivity index (χ0) is 21.3. The maximum Gasteiger partial charge on any atom is 0.338 e. The molecular weight excluding hydrogens is 378 g/mol. The Bertz CT molecular complexity index is 1260. The zero-order valence-electron chi connectivity index (χ0n) is 16.9. The fraction of sp³-hybridized carbons (Fsp3) is 0.167. The molecule has 0 aliphatic rings. The fourth-order valence-corrected chi connectivity index (χ4v) is 3.66. The van der Waals surface area contributed by atoms with Crippen LogP contribution in [-0.2, 0) is 16.1 Å². The minimum atomic E-state index is -0.952. The molecule has 1 atom stereocenters. The van der Waals surface area contributed by atoms with Gasteiger partial charge in [-0.05, 0) is 56.3 Å². The SMILES string of the molecule is CCn1c2ccccc2c2cc(NC(=O)C(C)OC(=O)c3cccc(N)c3)ccc21. The normalized spacial score (nSPS) is 12.1. The lowest BCUT2D eigenvalue weighted by atomic mass is 10.1. The molecule has 0 aliphatic carbocycles. The highest BCUT2D eigenvalue weighted by Crippen LogP contribution is 2.31. The van der Waals surface area contributed by atoms with Crippen molar-refractivity contribution in [3.63, 3.8) is 0 Å². The molecule has 3 N–H and O–H groups in total. The van der Waals surface area contributed by atoms with E-state index in [0.717, 1.165) is 28.4 Å². The Morgan fingerprint density at radius 1 is 1.00 bits per heavy atom. The van der Waals surface area contributed by atoms with Gasteiger partial charge in [-0.2, -0.15) is 0 Å². The number of anilines is 2. The van der Waals surface area contributed by atoms with Crippen molar-refractivity contribution in [2.75, 3.05) is 11.1 Å². The standard InChI is InChI=1S/C24H23N3O3/c1-3-27-21-10-5-4-9-19(21)20-14-18(11-12-22(20)27)26-23(28)15(2)30-24(29)16-7-6-8-17(25)13-16/h4-15H,3,25H2,1-2H3,(H,26,28). The van der Waals surface area contributed by atoms with Gasteiger partial charge in [-0.25, -0.2) is 4.79 Å². The minimum absolute atomic E-state index is 0.309. The van der Waals surface area contributed by atoms with Crippen molar-refractivity contribution in [1.82, 2.24) is 4.57 Å². The van der Waals surface area contributed by atoms with Gasteiger partial charge in [-0.15, -0.1) is 0 Å². The van der Waals surface area contributed by atoms with Gasteiger partial charge in [-0.1, -0.05) is 24.3 Å². The molecule has 1 amide bonds. The number of esters is 1. The van der Waals surface area contributed by atoms with Gasteiger partial charge in [0.05, 0.1) is 5.56 Å². The van der Waals surface area contributed by atoms with Crippen LogP contribution in [-0.4, -0.2) is 22.5 Å². The summed E-state index contributed by atoms with van der Waals surface area (Å²) in [5, 5.41) is 5.04. The van der Waals surface area contributed by atoms with E-state index in [1.54, 1.807) is 25.1 Å². The topological polar surface area (TPSA) is 86.4 Å². The third kappa shape index (κ3) is 3.59. The van der Waals surface area contributed by atoms with E-state index in [0.29, 0.717) is 16.9 Å². The van der Waals surface area contributed by atoms with Crippen molar-refractivity contribution in [1.29, 1.82) is 0 Å². The molecular formula is C24H23N3O3. The van der Waals surface area contributed by atoms with Crippen LogP contribution < -0.4 is 11.1 Å². The summed E-state index contributed by atoms with van der Waals surface area (Å²) >= 11 is 0. The highest BCUT2D eigenvalue weighted by atomic mass is 16.5. The second-order valence-corrected chi connectivity index (χ2v) is 7.16. The number of ether oxygens (including phenoxy) is 1. The lowest BCUT2D eigenvalue weighted by Gasteiger charge is -2.14. The number of nitrogens with one attached hydrogen (secondary N) is 1. The molecule has 6 heteroatoms. The number of carbonyl (C=O) groups excluding carboxylic acids is 2. The lowest BCUT2D eigenvalue weighted by Crippen LogP contribution is -2.30. The quantitative estimate of drug-likeness (QED) is 0.379. The van der Waals surface area contributed by atoms with Crippen LogP contribution in [0, 0.1) is 0 Å². The molecule has 1 aromatic heterocycles. The molecule has 1 unspecified atom stereocenters. The number of benzene rings is 3. The molecule has 6 nitrogen and oxygen atoms in total. The smallest absolute Gasteiger partial charge is 0.338 e. The largest absolute Gasteiger partial charge is 0.449 e. The number of rotatable bonds is 5. The summed E-state index contributed by atoms with van der Waals surface area (Å²) in [6, 6.07) is 20.5. The average Bonchev–Trinajstić information content (AvgIpc) is 3.06. The van der Waals surface area contributed by atoms with Gasteiger partial charge in [0.1, 0.15) is 0 Å². The van der Waals surface area contributed by atoms with Crippen molar-refractivity contribution in [2.45, 2.75) is 26.5 Å². The monoisotopic (exact) mass is 401 g/mol. The van der Waals surface area contributed by atoms with Crippen molar-refractivity contribution in [3.8, 4) is 0 Å². The molecule has 0 saturated carbocycles. The molecule has 0 radical (unpaired) electrons. The van der Waals surface area contributed by atoms with E-state index in [9.17, 15) is 9.59 Å². The van der Waals surface area contributed by atoms with Gasteiger partial charge >= 0.3 is 5.97 Å². The number of nitrogens with zero attached hydrogens (tertiary/aromatic N) is 1. The van der Waals surface area contributed by atoms with Crippen molar-refractivity contribution >= 4 is 45.1 Å². The van der Waals surface area contributed by atoms with Gasteiger partial charge < -0.3 is 20.4 Å². The molecule has 0 fully saturated rings. The summed E-state index contributed by atoms with van der Waals surface area (Å²) in [7, 11) is 0. The molecule has 0 bridgehead atoms. The summed E-state index contributed by atoms with van der Waals surface area (Å²) in [6.45, 7) is 4.51. The number of nitrogens with two attached hydrogens (primary N) is 1. The Kier molecular flexibility index (Phi) is 5.14. The Morgan fingerprint density at radius 3 is 2.53 bits per heavy atom. The van der Waals surface area contributed by atoms with Crippen molar-refractivity contribution in [2.24, 2.45) is 0 Å². The van der Waals surface area contributed by atoms with Gasteiger partial charge in [0.25, 0.3) is 5.91 Å². The molecule has 0 aliphatic heterocycles. The Hall–Kier alpha value is -3.80. The second kappa shape index (κ2) is 7.91. The van der Waals surface area contributed by atoms with Crippen LogP contribution in [0.15, 0.2) is 66.7 Å². The third-order valence-corrected chi connectivity index (χ3v) is 5.13. The van der Waals surface area contributed by atoms with Crippen molar-refractivity contribution in [3.05, 3.63) is 72.3 Å². The first-order chi connectivity index (χ1) is 14.5. The van der Waals surface area contributed by atoms with E-state index >= 15 is 0 Å². The first kappa shape index (κ1) is 19.5. The van der Waals surface area contributed by atoms with E-state index < -0.39 is 18.0 Å². The molecule has 1 heterocycles. The summed E-state index contributed by atoms with van der Waals surface area (Å²) in [6.07, 6.45) is -0.952. The van der Waals surface area contributed by atoms with Crippen LogP contribution in [0.25, 0.3) is 21.8 Å². The highest BCUT2D eigenvalue weighted by Gasteiger charge is 2.20. The molecule has 152 valence electrons. The predicted molar refractivity (Wildman–Crippen MR) is 119 cm³/mol. The van der Waals surface area contributed by atoms with Gasteiger partial charge in [0.2, 0.25) is 0 Å². The summed E-state index contributed by atoms with van der Waals surface area (Å²) < 4.78 is 7.54. The fourth-order valence-electron chi connectivity index (χ4n) is 3.66. The van der Waals surface area contributed by atoms with Crippen LogP contribution in [0.4, 0.5) is 11.4 Å². The van der Waals surface area contributed by atoms with E-state index in [2.05, 4.69) is 28.9 Å². The third-order valence-electron chi connectivity index (χ3n) is 5.13. The van der Waals surface area contributed by atoms with E-state index in [1.165, 1.54) is 6.07 Å². The number of aryl methyl sites for hydroxylation is 1. The lowest BCUT2D eigenvalue weighted by molar-refractivity contribution is -0.123. The van der Waals surface area contributed by atoms with Crippen LogP contribution in [0.2, 0.25) is 0 Å². The molecule has 30 heavy (non-hydrogen) atoms. The first-order valence-corrected chi connectivity index (χ1v) is 9.86. The number of amides is 1. The van der Waals surface area contributed by atoms with Crippen LogP contribution in [0.3, 0.4) is 0 Å². The summed E-state index contributed by atoms with van der Waals surface area (Å²) in [5.74, 6) is -0.989. The number of para-hydroxylation sites is 1. The van der Waals surface area contributed by atoms with Gasteiger partial charge in [0.15, 0.2) is 6.10 Å². The molecule has 4 aromatic rings. The number of carbonyl (C=O) groups is 2. The van der Waals surface area contributed by atoms with Gasteiger partial charge in [-0.3, -0.25) is 4.79 Å². The predicted octanol–water partition coefficient (Wildman–Crippen LogP) is 4.58. The maximum atomic E-state index is 12.6. The summed E-state index contributed by atoms with van der Waals surface area (Å²) in [4.78, 5) is 24.8. The number of nitrogen functional groups attached to an aromatic ring is 1. The maximum absolute atomic E-state index is 12.6. The number of hydrogen-bond acceptors (Lipinski definition) is 4. The van der Waals surface area contributed by atoms with Gasteiger partial charge in [0, 0.05) is 39.7 Å². The van der Waals surface area contributed by atoms with E-state index in [4.69, 9.17) is 10.5 Å². The first-order valence-electron chi connectivity index (χ1n) is 9.86. The van der Waals surface area contributed by atoms with Crippen LogP contribution in [0.1, 0.15) is 24.2 Å². The van der Waals surface area contributed by atoms with E-state index in [-0.39, 0.29) is 0 Å². The summed E-state index contributed by atoms with van der Waals surface area (Å²) in [5.41, 5.74) is 9.38. The van der Waals surface area contributed by atoms with E-state index in [1.807, 2.05) is 30.3 Å². The molecule has 4 rings (SSSR count). The van der Waals surface area contributed by atoms with Crippen LogP contribution in [0.5, 0.6) is 0 Å². The Balaban J connectivity index is 1.54. The second-order valence-electron chi connectivity index (χ2n) is 7.16. The zero-order valence-corrected chi connectivity index (χ0v) is 16.9.